The van der Waals surface area contributed by atoms with Gasteiger partial charge in [0.15, 0.2) is 10.9 Å². The van der Waals surface area contributed by atoms with E-state index in [9.17, 15) is 14.4 Å². The van der Waals surface area contributed by atoms with Crippen molar-refractivity contribution in [2.75, 3.05) is 31.2 Å². The van der Waals surface area contributed by atoms with Crippen molar-refractivity contribution in [3.8, 4) is 0 Å². The largest absolute Gasteiger partial charge is 0.481 e. The number of imide groups is 1. The number of aliphatic carboxylic acids is 1. The van der Waals surface area contributed by atoms with E-state index >= 15 is 0 Å². The number of carbonyl (C=O) groups excluding carboxylic acids is 2. The summed E-state index contributed by atoms with van der Waals surface area (Å²) >= 11 is 1.11. The molecule has 1 N–H and O–H groups in total. The van der Waals surface area contributed by atoms with Gasteiger partial charge in [0.05, 0.1) is 37.8 Å². The van der Waals surface area contributed by atoms with Crippen LogP contribution in [-0.4, -0.2) is 70.9 Å². The van der Waals surface area contributed by atoms with Crippen molar-refractivity contribution in [1.82, 2.24) is 9.88 Å². The van der Waals surface area contributed by atoms with Crippen LogP contribution >= 0.6 is 11.3 Å². The standard InChI is InChI=1S/C16H19N3O6S/c20-12-8-11(18-3-1-16(2-4-18)24-5-6-25-16)14(23)19(12)15-17-10(9-26-15)7-13(21)22/h9,11H,1-8H2,(H,21,22). The van der Waals surface area contributed by atoms with Crippen molar-refractivity contribution in [3.05, 3.63) is 11.1 Å². The van der Waals surface area contributed by atoms with E-state index < -0.39 is 17.8 Å². The maximum atomic E-state index is 12.8. The molecule has 0 radical (unpaired) electrons. The minimum absolute atomic E-state index is 0.112. The Bertz CT molecular complexity index is 734. The van der Waals surface area contributed by atoms with E-state index in [1.54, 1.807) is 5.38 Å². The van der Waals surface area contributed by atoms with Crippen LogP contribution in [0.5, 0.6) is 0 Å². The van der Waals surface area contributed by atoms with Crippen LogP contribution in [0, 0.1) is 0 Å². The Hall–Kier alpha value is -1.88. The first-order valence-corrected chi connectivity index (χ1v) is 9.40. The van der Waals surface area contributed by atoms with Gasteiger partial charge in [0.1, 0.15) is 0 Å². The minimum atomic E-state index is -1.00. The number of rotatable bonds is 4. The van der Waals surface area contributed by atoms with Crippen molar-refractivity contribution in [3.63, 3.8) is 0 Å². The number of likely N-dealkylation sites (tertiary alicyclic amines) is 1. The third-order valence-corrected chi connectivity index (χ3v) is 5.87. The molecule has 9 nitrogen and oxygen atoms in total. The molecule has 1 spiro atoms. The summed E-state index contributed by atoms with van der Waals surface area (Å²) in [5.41, 5.74) is 0.344. The number of nitrogens with zero attached hydrogens (tertiary/aromatic N) is 3. The lowest BCUT2D eigenvalue weighted by molar-refractivity contribution is -0.188. The average molecular weight is 381 g/mol. The first kappa shape index (κ1) is 17.5. The Labute approximate surface area is 153 Å². The van der Waals surface area contributed by atoms with E-state index in [2.05, 4.69) is 4.98 Å². The molecule has 0 aromatic carbocycles. The number of amides is 2. The number of hydrogen-bond donors (Lipinski definition) is 1. The van der Waals surface area contributed by atoms with E-state index in [4.69, 9.17) is 14.6 Å². The summed E-state index contributed by atoms with van der Waals surface area (Å²) < 4.78 is 11.4. The van der Waals surface area contributed by atoms with Gasteiger partial charge in [-0.3, -0.25) is 19.3 Å². The van der Waals surface area contributed by atoms with Crippen LogP contribution in [0.25, 0.3) is 0 Å². The molecule has 1 aromatic heterocycles. The van der Waals surface area contributed by atoms with Gasteiger partial charge in [0.2, 0.25) is 5.91 Å². The van der Waals surface area contributed by atoms with Crippen LogP contribution in [-0.2, 0) is 30.3 Å². The number of piperidine rings is 1. The van der Waals surface area contributed by atoms with Crippen LogP contribution in [0.15, 0.2) is 5.38 Å². The minimum Gasteiger partial charge on any atom is -0.481 e. The van der Waals surface area contributed by atoms with Gasteiger partial charge in [-0.25, -0.2) is 9.88 Å². The third kappa shape index (κ3) is 3.13. The Balaban J connectivity index is 1.44. The predicted molar refractivity (Wildman–Crippen MR) is 89.8 cm³/mol. The van der Waals surface area contributed by atoms with Crippen LogP contribution < -0.4 is 4.90 Å². The summed E-state index contributed by atoms with van der Waals surface area (Å²) in [6.45, 7) is 2.44. The molecule has 0 bridgehead atoms. The number of ether oxygens (including phenoxy) is 2. The summed E-state index contributed by atoms with van der Waals surface area (Å²) in [5.74, 6) is -2.12. The fraction of sp³-hybridized carbons (Fsp3) is 0.625. The zero-order valence-corrected chi connectivity index (χ0v) is 14.9. The fourth-order valence-corrected chi connectivity index (χ4v) is 4.54. The van der Waals surface area contributed by atoms with Crippen LogP contribution in [0.4, 0.5) is 5.13 Å². The summed E-state index contributed by atoms with van der Waals surface area (Å²) in [5, 5.41) is 10.6. The maximum absolute atomic E-state index is 12.8. The van der Waals surface area contributed by atoms with Crippen LogP contribution in [0.3, 0.4) is 0 Å². The van der Waals surface area contributed by atoms with Crippen molar-refractivity contribution < 1.29 is 29.0 Å². The Morgan fingerprint density at radius 3 is 2.65 bits per heavy atom. The number of carboxylic acid groups (broad SMARTS) is 1. The molecule has 10 heteroatoms. The van der Waals surface area contributed by atoms with Crippen molar-refractivity contribution in [2.24, 2.45) is 0 Å². The smallest absolute Gasteiger partial charge is 0.309 e. The van der Waals surface area contributed by atoms with Crippen LogP contribution in [0.2, 0.25) is 0 Å². The van der Waals surface area contributed by atoms with E-state index in [0.717, 1.165) is 16.2 Å². The highest BCUT2D eigenvalue weighted by Crippen LogP contribution is 2.35. The monoisotopic (exact) mass is 381 g/mol. The van der Waals surface area contributed by atoms with Gasteiger partial charge >= 0.3 is 5.97 Å². The molecule has 4 rings (SSSR count). The lowest BCUT2D eigenvalue weighted by Crippen LogP contribution is -2.51. The molecule has 26 heavy (non-hydrogen) atoms. The zero-order chi connectivity index (χ0) is 18.3. The van der Waals surface area contributed by atoms with E-state index in [1.807, 2.05) is 4.90 Å². The van der Waals surface area contributed by atoms with Gasteiger partial charge in [-0.2, -0.15) is 0 Å². The molecule has 3 aliphatic rings. The molecule has 3 fully saturated rings. The zero-order valence-electron chi connectivity index (χ0n) is 14.0. The molecule has 1 unspecified atom stereocenters. The fourth-order valence-electron chi connectivity index (χ4n) is 3.70. The SMILES string of the molecule is O=C(O)Cc1csc(N2C(=O)CC(N3CCC4(CC3)OCCO4)C2=O)n1. The van der Waals surface area contributed by atoms with E-state index in [0.29, 0.717) is 44.8 Å². The molecule has 140 valence electrons. The first-order chi connectivity index (χ1) is 12.5. The topological polar surface area (TPSA) is 109 Å². The molecule has 3 saturated heterocycles. The van der Waals surface area contributed by atoms with Crippen molar-refractivity contribution in [2.45, 2.75) is 37.5 Å². The predicted octanol–water partition coefficient (Wildman–Crippen LogP) is 0.241. The highest BCUT2D eigenvalue weighted by atomic mass is 32.1. The van der Waals surface area contributed by atoms with Gasteiger partial charge in [0.25, 0.3) is 5.91 Å². The Kier molecular flexibility index (Phi) is 4.51. The van der Waals surface area contributed by atoms with Gasteiger partial charge in [-0.05, 0) is 0 Å². The second kappa shape index (κ2) is 6.69. The van der Waals surface area contributed by atoms with Crippen molar-refractivity contribution >= 4 is 34.3 Å². The molecular formula is C16H19N3O6S. The normalized spacial score (nSPS) is 26.2. The summed E-state index contributed by atoms with van der Waals surface area (Å²) in [4.78, 5) is 43.2. The number of anilines is 1. The quantitative estimate of drug-likeness (QED) is 0.739. The second-order valence-electron chi connectivity index (χ2n) is 6.62. The molecule has 0 saturated carbocycles. The second-order valence-corrected chi connectivity index (χ2v) is 7.46. The third-order valence-electron chi connectivity index (χ3n) is 5.00. The maximum Gasteiger partial charge on any atom is 0.309 e. The molecular weight excluding hydrogens is 362 g/mol. The summed E-state index contributed by atoms with van der Waals surface area (Å²) in [7, 11) is 0. The summed E-state index contributed by atoms with van der Waals surface area (Å²) in [6, 6.07) is -0.506. The molecule has 4 heterocycles. The Morgan fingerprint density at radius 1 is 1.31 bits per heavy atom. The Morgan fingerprint density at radius 2 is 2.00 bits per heavy atom. The van der Waals surface area contributed by atoms with Crippen molar-refractivity contribution in [1.29, 1.82) is 0 Å². The molecule has 1 atom stereocenters. The van der Waals surface area contributed by atoms with Gasteiger partial charge in [-0.1, -0.05) is 0 Å². The molecule has 2 amide bonds. The summed E-state index contributed by atoms with van der Waals surface area (Å²) in [6.07, 6.45) is 1.22. The number of carboxylic acids is 1. The van der Waals surface area contributed by atoms with Gasteiger partial charge < -0.3 is 14.6 Å². The number of thiazole rings is 1. The van der Waals surface area contributed by atoms with E-state index in [1.165, 1.54) is 0 Å². The number of hydrogen-bond acceptors (Lipinski definition) is 8. The lowest BCUT2D eigenvalue weighted by atomic mass is 10.0. The van der Waals surface area contributed by atoms with E-state index in [-0.39, 0.29) is 29.8 Å². The highest BCUT2D eigenvalue weighted by molar-refractivity contribution is 7.14. The number of aromatic nitrogens is 1. The molecule has 1 aromatic rings. The van der Waals surface area contributed by atoms with Gasteiger partial charge in [0, 0.05) is 31.3 Å². The van der Waals surface area contributed by atoms with Crippen LogP contribution in [0.1, 0.15) is 25.0 Å². The highest BCUT2D eigenvalue weighted by Gasteiger charge is 2.47. The first-order valence-electron chi connectivity index (χ1n) is 8.52. The lowest BCUT2D eigenvalue weighted by Gasteiger charge is -2.39. The number of carbonyl (C=O) groups is 3. The average Bonchev–Trinajstić information content (AvgIpc) is 3.29. The molecule has 0 aliphatic carbocycles. The van der Waals surface area contributed by atoms with Gasteiger partial charge in [-0.15, -0.1) is 11.3 Å². The molecule has 3 aliphatic heterocycles.